The number of aromatic nitrogens is 1. The summed E-state index contributed by atoms with van der Waals surface area (Å²) < 4.78 is 2.19. The Labute approximate surface area is 151 Å². The van der Waals surface area contributed by atoms with Gasteiger partial charge in [0.1, 0.15) is 6.04 Å². The number of carbonyl (C=O) groups is 2. The van der Waals surface area contributed by atoms with Crippen molar-refractivity contribution < 1.29 is 14.7 Å². The van der Waals surface area contributed by atoms with Gasteiger partial charge in [0.2, 0.25) is 0 Å². The molecule has 3 rings (SSSR count). The third-order valence-electron chi connectivity index (χ3n) is 5.03. The molecule has 1 aliphatic rings. The number of nitrogens with zero attached hydrogens (tertiary/aromatic N) is 2. The van der Waals surface area contributed by atoms with Crippen LogP contribution in [0.1, 0.15) is 39.5 Å². The fraction of sp³-hybridized carbons (Fsp3) is 0.474. The second-order valence-corrected chi connectivity index (χ2v) is 7.69. The van der Waals surface area contributed by atoms with E-state index < -0.39 is 12.0 Å². The zero-order chi connectivity index (χ0) is 18.0. The van der Waals surface area contributed by atoms with E-state index in [9.17, 15) is 14.7 Å². The van der Waals surface area contributed by atoms with Crippen LogP contribution in [-0.2, 0) is 17.8 Å². The molecular formula is C19H24N2O3S. The summed E-state index contributed by atoms with van der Waals surface area (Å²) in [5.74, 6) is -0.810. The molecular weight excluding hydrogens is 336 g/mol. The first-order valence-electron chi connectivity index (χ1n) is 8.66. The van der Waals surface area contributed by atoms with Crippen LogP contribution in [0.4, 0.5) is 0 Å². The number of ketones is 1. The molecule has 6 heteroatoms. The van der Waals surface area contributed by atoms with Crippen molar-refractivity contribution in [2.45, 2.75) is 45.7 Å². The van der Waals surface area contributed by atoms with Gasteiger partial charge >= 0.3 is 5.97 Å². The molecule has 1 aliphatic heterocycles. The minimum Gasteiger partial charge on any atom is -0.480 e. The van der Waals surface area contributed by atoms with Gasteiger partial charge in [-0.1, -0.05) is 6.07 Å². The van der Waals surface area contributed by atoms with Crippen LogP contribution in [0.5, 0.6) is 0 Å². The van der Waals surface area contributed by atoms with E-state index in [1.54, 1.807) is 16.2 Å². The number of aliphatic carboxylic acids is 1. The van der Waals surface area contributed by atoms with Crippen LogP contribution in [0.2, 0.25) is 0 Å². The maximum Gasteiger partial charge on any atom is 0.320 e. The van der Waals surface area contributed by atoms with Gasteiger partial charge in [-0.05, 0) is 57.2 Å². The molecule has 0 spiro atoms. The minimum atomic E-state index is -0.827. The lowest BCUT2D eigenvalue weighted by atomic mass is 10.1. The van der Waals surface area contributed by atoms with Crippen LogP contribution < -0.4 is 0 Å². The normalized spacial score (nSPS) is 17.9. The van der Waals surface area contributed by atoms with Crippen molar-refractivity contribution in [3.05, 3.63) is 45.4 Å². The highest BCUT2D eigenvalue weighted by atomic mass is 32.1. The number of aryl methyl sites for hydroxylation is 2. The zero-order valence-corrected chi connectivity index (χ0v) is 15.5. The number of thiophene rings is 1. The number of Topliss-reactive ketones (excluding diaryl/α,β-unsaturated/α-hetero) is 1. The molecule has 5 nitrogen and oxygen atoms in total. The van der Waals surface area contributed by atoms with Crippen molar-refractivity contribution in [2.75, 3.05) is 13.1 Å². The predicted octanol–water partition coefficient (Wildman–Crippen LogP) is 3.14. The number of likely N-dealkylation sites (tertiary alicyclic amines) is 1. The van der Waals surface area contributed by atoms with Crippen LogP contribution in [0.15, 0.2) is 23.6 Å². The van der Waals surface area contributed by atoms with Crippen molar-refractivity contribution >= 4 is 23.1 Å². The average molecular weight is 360 g/mol. The summed E-state index contributed by atoms with van der Waals surface area (Å²) in [7, 11) is 0. The number of carboxylic acids is 1. The predicted molar refractivity (Wildman–Crippen MR) is 98.5 cm³/mol. The van der Waals surface area contributed by atoms with Crippen molar-refractivity contribution in [3.63, 3.8) is 0 Å². The third kappa shape index (κ3) is 3.85. The summed E-state index contributed by atoms with van der Waals surface area (Å²) >= 11 is 1.75. The number of carboxylic acid groups (broad SMARTS) is 1. The molecule has 25 heavy (non-hydrogen) atoms. The monoisotopic (exact) mass is 360 g/mol. The van der Waals surface area contributed by atoms with Gasteiger partial charge in [0.25, 0.3) is 0 Å². The summed E-state index contributed by atoms with van der Waals surface area (Å²) in [6.07, 6.45) is 2.42. The molecule has 0 saturated carbocycles. The summed E-state index contributed by atoms with van der Waals surface area (Å²) in [6.45, 7) is 5.72. The lowest BCUT2D eigenvalue weighted by Gasteiger charge is -2.20. The molecule has 3 heterocycles. The molecule has 1 N–H and O–H groups in total. The first-order valence-corrected chi connectivity index (χ1v) is 9.54. The van der Waals surface area contributed by atoms with E-state index in [-0.39, 0.29) is 12.3 Å². The molecule has 0 aliphatic carbocycles. The van der Waals surface area contributed by atoms with Crippen LogP contribution in [0.3, 0.4) is 0 Å². The van der Waals surface area contributed by atoms with Gasteiger partial charge in [0.05, 0.1) is 6.54 Å². The quantitative estimate of drug-likeness (QED) is 0.771. The van der Waals surface area contributed by atoms with Crippen molar-refractivity contribution in [1.82, 2.24) is 9.47 Å². The second-order valence-electron chi connectivity index (χ2n) is 6.66. The van der Waals surface area contributed by atoms with Gasteiger partial charge < -0.3 is 9.67 Å². The lowest BCUT2D eigenvalue weighted by Crippen LogP contribution is -2.39. The summed E-state index contributed by atoms with van der Waals surface area (Å²) in [4.78, 5) is 27.2. The maximum absolute atomic E-state index is 12.7. The van der Waals surface area contributed by atoms with Crippen LogP contribution in [-0.4, -0.2) is 45.5 Å². The highest BCUT2D eigenvalue weighted by Crippen LogP contribution is 2.21. The molecule has 2 aromatic rings. The first kappa shape index (κ1) is 17.9. The fourth-order valence-corrected chi connectivity index (χ4v) is 4.37. The van der Waals surface area contributed by atoms with E-state index in [2.05, 4.69) is 22.1 Å². The number of hydrogen-bond donors (Lipinski definition) is 1. The van der Waals surface area contributed by atoms with Gasteiger partial charge in [0, 0.05) is 28.4 Å². The summed E-state index contributed by atoms with van der Waals surface area (Å²) in [5, 5.41) is 11.4. The van der Waals surface area contributed by atoms with E-state index >= 15 is 0 Å². The number of hydrogen-bond acceptors (Lipinski definition) is 4. The van der Waals surface area contributed by atoms with Gasteiger partial charge in [0.15, 0.2) is 5.78 Å². The Hall–Kier alpha value is -1.92. The Balaban J connectivity index is 1.70. The van der Waals surface area contributed by atoms with E-state index in [1.807, 2.05) is 19.9 Å². The Kier molecular flexibility index (Phi) is 5.39. The van der Waals surface area contributed by atoms with Crippen molar-refractivity contribution in [2.24, 2.45) is 0 Å². The molecule has 134 valence electrons. The molecule has 1 atom stereocenters. The van der Waals surface area contributed by atoms with Gasteiger partial charge in [-0.15, -0.1) is 11.3 Å². The number of carbonyl (C=O) groups excluding carboxylic acids is 1. The first-order chi connectivity index (χ1) is 12.0. The third-order valence-corrected chi connectivity index (χ3v) is 5.97. The van der Waals surface area contributed by atoms with Crippen LogP contribution in [0, 0.1) is 13.8 Å². The second kappa shape index (κ2) is 7.54. The van der Waals surface area contributed by atoms with Crippen LogP contribution >= 0.6 is 11.3 Å². The van der Waals surface area contributed by atoms with Gasteiger partial charge in [-0.25, -0.2) is 0 Å². The Morgan fingerprint density at radius 1 is 1.36 bits per heavy atom. The molecule has 0 amide bonds. The highest BCUT2D eigenvalue weighted by molar-refractivity contribution is 7.09. The van der Waals surface area contributed by atoms with E-state index in [1.165, 1.54) is 4.88 Å². The molecule has 1 fully saturated rings. The minimum absolute atomic E-state index is 0.0172. The average Bonchev–Trinajstić information content (AvgIpc) is 3.27. The van der Waals surface area contributed by atoms with Crippen molar-refractivity contribution in [3.8, 4) is 0 Å². The molecule has 2 aromatic heterocycles. The fourth-order valence-electron chi connectivity index (χ4n) is 3.67. The molecule has 1 unspecified atom stereocenters. The zero-order valence-electron chi connectivity index (χ0n) is 14.7. The number of rotatable bonds is 7. The maximum atomic E-state index is 12.7. The van der Waals surface area contributed by atoms with E-state index in [4.69, 9.17) is 0 Å². The van der Waals surface area contributed by atoms with Gasteiger partial charge in [-0.2, -0.15) is 0 Å². The topological polar surface area (TPSA) is 62.5 Å². The summed E-state index contributed by atoms with van der Waals surface area (Å²) in [5.41, 5.74) is 2.78. The molecule has 1 saturated heterocycles. The van der Waals surface area contributed by atoms with E-state index in [0.29, 0.717) is 13.0 Å². The smallest absolute Gasteiger partial charge is 0.320 e. The molecule has 0 bridgehead atoms. The van der Waals surface area contributed by atoms with Gasteiger partial charge in [-0.3, -0.25) is 14.5 Å². The highest BCUT2D eigenvalue weighted by Gasteiger charge is 2.32. The molecule has 0 aromatic carbocycles. The summed E-state index contributed by atoms with van der Waals surface area (Å²) in [6, 6.07) is 5.60. The Bertz CT molecular complexity index is 764. The Morgan fingerprint density at radius 2 is 2.16 bits per heavy atom. The standard InChI is InChI=1S/C19H24N2O3S/c1-13-11-16(14(2)21(13)9-7-15-5-4-10-25-15)18(22)12-20-8-3-6-17(20)19(23)24/h4-5,10-11,17H,3,6-9,12H2,1-2H3,(H,23,24). The van der Waals surface area contributed by atoms with Crippen molar-refractivity contribution in [1.29, 1.82) is 0 Å². The lowest BCUT2D eigenvalue weighted by molar-refractivity contribution is -0.141. The molecule has 0 radical (unpaired) electrons. The SMILES string of the molecule is Cc1cc(C(=O)CN2CCCC2C(=O)O)c(C)n1CCc1cccs1. The Morgan fingerprint density at radius 3 is 2.84 bits per heavy atom. The van der Waals surface area contributed by atoms with E-state index in [0.717, 1.165) is 36.3 Å². The van der Waals surface area contributed by atoms with Crippen LogP contribution in [0.25, 0.3) is 0 Å². The largest absolute Gasteiger partial charge is 0.480 e.